The van der Waals surface area contributed by atoms with Crippen LogP contribution in [0.3, 0.4) is 0 Å². The van der Waals surface area contributed by atoms with Crippen molar-refractivity contribution in [2.45, 2.75) is 32.2 Å². The van der Waals surface area contributed by atoms with Gasteiger partial charge in [-0.25, -0.2) is 0 Å². The van der Waals surface area contributed by atoms with E-state index < -0.39 is 6.04 Å². The molecule has 0 saturated carbocycles. The van der Waals surface area contributed by atoms with Crippen molar-refractivity contribution in [3.05, 3.63) is 28.8 Å². The zero-order valence-electron chi connectivity index (χ0n) is 12.6. The third-order valence-corrected chi connectivity index (χ3v) is 3.41. The Morgan fingerprint density at radius 2 is 2.05 bits per heavy atom. The van der Waals surface area contributed by atoms with Crippen molar-refractivity contribution in [2.75, 3.05) is 19.4 Å². The van der Waals surface area contributed by atoms with E-state index in [2.05, 4.69) is 5.32 Å². The molecule has 3 N–H and O–H groups in total. The van der Waals surface area contributed by atoms with Crippen LogP contribution in [0.4, 0.5) is 5.69 Å². The van der Waals surface area contributed by atoms with Gasteiger partial charge in [0.2, 0.25) is 5.91 Å². The minimum absolute atomic E-state index is 0.216. The Balaban J connectivity index is 2.83. The molecule has 0 aliphatic carbocycles. The van der Waals surface area contributed by atoms with E-state index in [0.29, 0.717) is 22.7 Å². The van der Waals surface area contributed by atoms with Crippen LogP contribution in [0, 0.1) is 0 Å². The second-order valence-electron chi connectivity index (χ2n) is 5.13. The molecule has 2 amide bonds. The molecule has 1 rings (SSSR count). The van der Waals surface area contributed by atoms with Crippen molar-refractivity contribution in [3.63, 3.8) is 0 Å². The van der Waals surface area contributed by atoms with Gasteiger partial charge in [-0.2, -0.15) is 0 Å². The summed E-state index contributed by atoms with van der Waals surface area (Å²) in [5, 5.41) is 3.07. The zero-order valence-corrected chi connectivity index (χ0v) is 13.4. The number of carbonyl (C=O) groups excluding carboxylic acids is 2. The first kappa shape index (κ1) is 17.5. The molecule has 1 aromatic carbocycles. The number of nitrogens with one attached hydrogen (secondary N) is 1. The number of nitrogens with two attached hydrogens (primary N) is 1. The third-order valence-electron chi connectivity index (χ3n) is 3.08. The number of benzene rings is 1. The summed E-state index contributed by atoms with van der Waals surface area (Å²) in [5.41, 5.74) is 6.68. The van der Waals surface area contributed by atoms with Gasteiger partial charge < -0.3 is 16.0 Å². The molecule has 0 aliphatic heterocycles. The highest BCUT2D eigenvalue weighted by Crippen LogP contribution is 2.22. The molecular formula is C15H22ClN3O2. The molecule has 0 aromatic heterocycles. The van der Waals surface area contributed by atoms with Gasteiger partial charge in [0.15, 0.2) is 0 Å². The highest BCUT2D eigenvalue weighted by molar-refractivity contribution is 6.34. The maximum absolute atomic E-state index is 12.0. The Kier molecular flexibility index (Phi) is 6.65. The minimum Gasteiger partial charge on any atom is -0.345 e. The van der Waals surface area contributed by atoms with E-state index in [4.69, 9.17) is 17.3 Å². The Morgan fingerprint density at radius 1 is 1.38 bits per heavy atom. The number of halogens is 1. The summed E-state index contributed by atoms with van der Waals surface area (Å²) in [7, 11) is 3.29. The van der Waals surface area contributed by atoms with Crippen molar-refractivity contribution in [3.8, 4) is 0 Å². The van der Waals surface area contributed by atoms with Gasteiger partial charge in [-0.05, 0) is 24.6 Å². The molecule has 21 heavy (non-hydrogen) atoms. The van der Waals surface area contributed by atoms with Crippen LogP contribution in [0.15, 0.2) is 18.2 Å². The standard InChI is InChI=1S/C15H22ClN3O2/c1-4-5-6-13(17)14(20)18-10-7-8-12(16)11(9-10)15(21)19(2)3/h7-9,13H,4-6,17H2,1-3H3,(H,18,20). The fourth-order valence-corrected chi connectivity index (χ4v) is 2.00. The molecule has 0 aliphatic rings. The molecule has 6 heteroatoms. The fourth-order valence-electron chi connectivity index (χ4n) is 1.80. The van der Waals surface area contributed by atoms with Gasteiger partial charge in [0.25, 0.3) is 5.91 Å². The number of anilines is 1. The summed E-state index contributed by atoms with van der Waals surface area (Å²) in [6.07, 6.45) is 2.53. The largest absolute Gasteiger partial charge is 0.345 e. The lowest BCUT2D eigenvalue weighted by Gasteiger charge is -2.15. The Bertz CT molecular complexity index is 518. The van der Waals surface area contributed by atoms with Crippen LogP contribution in [0.5, 0.6) is 0 Å². The Labute approximate surface area is 130 Å². The monoisotopic (exact) mass is 311 g/mol. The molecule has 1 aromatic rings. The molecule has 0 fully saturated rings. The summed E-state index contributed by atoms with van der Waals surface area (Å²) in [5.74, 6) is -0.472. The first-order valence-electron chi connectivity index (χ1n) is 6.94. The second-order valence-corrected chi connectivity index (χ2v) is 5.54. The molecule has 1 atom stereocenters. The Hall–Kier alpha value is -1.59. The van der Waals surface area contributed by atoms with Crippen molar-refractivity contribution in [1.29, 1.82) is 0 Å². The van der Waals surface area contributed by atoms with Crippen molar-refractivity contribution < 1.29 is 9.59 Å². The minimum atomic E-state index is -0.548. The van der Waals surface area contributed by atoms with Gasteiger partial charge in [0, 0.05) is 19.8 Å². The van der Waals surface area contributed by atoms with Gasteiger partial charge >= 0.3 is 0 Å². The average molecular weight is 312 g/mol. The van der Waals surface area contributed by atoms with Crippen molar-refractivity contribution in [2.24, 2.45) is 5.73 Å². The van der Waals surface area contributed by atoms with Gasteiger partial charge in [-0.3, -0.25) is 9.59 Å². The number of rotatable bonds is 6. The topological polar surface area (TPSA) is 75.4 Å². The van der Waals surface area contributed by atoms with Crippen LogP contribution in [-0.4, -0.2) is 36.9 Å². The van der Waals surface area contributed by atoms with E-state index in [0.717, 1.165) is 12.8 Å². The summed E-state index contributed by atoms with van der Waals surface area (Å²) in [6.45, 7) is 2.04. The quantitative estimate of drug-likeness (QED) is 0.847. The smallest absolute Gasteiger partial charge is 0.254 e. The van der Waals surface area contributed by atoms with Crippen molar-refractivity contribution in [1.82, 2.24) is 4.90 Å². The van der Waals surface area contributed by atoms with Gasteiger partial charge in [-0.15, -0.1) is 0 Å². The van der Waals surface area contributed by atoms with Gasteiger partial charge in [0.1, 0.15) is 0 Å². The number of hydrogen-bond donors (Lipinski definition) is 2. The van der Waals surface area contributed by atoms with Crippen LogP contribution in [-0.2, 0) is 4.79 Å². The molecule has 0 bridgehead atoms. The van der Waals surface area contributed by atoms with E-state index in [1.54, 1.807) is 32.3 Å². The van der Waals surface area contributed by atoms with Crippen LogP contribution in [0.2, 0.25) is 5.02 Å². The van der Waals surface area contributed by atoms with Crippen molar-refractivity contribution >= 4 is 29.1 Å². The Morgan fingerprint density at radius 3 is 2.62 bits per heavy atom. The number of carbonyl (C=O) groups is 2. The lowest BCUT2D eigenvalue weighted by molar-refractivity contribution is -0.117. The second kappa shape index (κ2) is 8.00. The van der Waals surface area contributed by atoms with Gasteiger partial charge in [0.05, 0.1) is 16.6 Å². The number of unbranched alkanes of at least 4 members (excludes halogenated alkanes) is 1. The predicted molar refractivity (Wildman–Crippen MR) is 85.6 cm³/mol. The molecular weight excluding hydrogens is 290 g/mol. The normalized spacial score (nSPS) is 11.9. The SMILES string of the molecule is CCCCC(N)C(=O)Nc1ccc(Cl)c(C(=O)N(C)C)c1. The molecule has 1 unspecified atom stereocenters. The van der Waals surface area contributed by atoms with Gasteiger partial charge in [-0.1, -0.05) is 31.4 Å². The zero-order chi connectivity index (χ0) is 16.0. The first-order chi connectivity index (χ1) is 9.86. The molecule has 0 spiro atoms. The van der Waals surface area contributed by atoms with Crippen LogP contribution in [0.25, 0.3) is 0 Å². The van der Waals surface area contributed by atoms with Crippen LogP contribution >= 0.6 is 11.6 Å². The lowest BCUT2D eigenvalue weighted by atomic mass is 10.1. The highest BCUT2D eigenvalue weighted by atomic mass is 35.5. The van der Waals surface area contributed by atoms with E-state index >= 15 is 0 Å². The fraction of sp³-hybridized carbons (Fsp3) is 0.467. The number of nitrogens with zero attached hydrogens (tertiary/aromatic N) is 1. The molecule has 0 radical (unpaired) electrons. The van der Waals surface area contributed by atoms with E-state index in [1.165, 1.54) is 4.90 Å². The molecule has 116 valence electrons. The number of amides is 2. The number of hydrogen-bond acceptors (Lipinski definition) is 3. The van der Waals surface area contributed by atoms with E-state index in [1.807, 2.05) is 6.92 Å². The van der Waals surface area contributed by atoms with Crippen LogP contribution < -0.4 is 11.1 Å². The molecule has 0 heterocycles. The summed E-state index contributed by atoms with van der Waals surface area (Å²) >= 11 is 6.02. The maximum atomic E-state index is 12.0. The average Bonchev–Trinajstić information content (AvgIpc) is 2.45. The summed E-state index contributed by atoms with van der Waals surface area (Å²) < 4.78 is 0. The predicted octanol–water partition coefficient (Wildman–Crippen LogP) is 2.50. The first-order valence-corrected chi connectivity index (χ1v) is 7.32. The lowest BCUT2D eigenvalue weighted by Crippen LogP contribution is -2.35. The van der Waals surface area contributed by atoms with E-state index in [9.17, 15) is 9.59 Å². The summed E-state index contributed by atoms with van der Waals surface area (Å²) in [6, 6.07) is 4.26. The van der Waals surface area contributed by atoms with E-state index in [-0.39, 0.29) is 11.8 Å². The molecule has 0 saturated heterocycles. The third kappa shape index (κ3) is 5.02. The maximum Gasteiger partial charge on any atom is 0.254 e. The molecule has 5 nitrogen and oxygen atoms in total. The van der Waals surface area contributed by atoms with Crippen LogP contribution in [0.1, 0.15) is 36.5 Å². The summed E-state index contributed by atoms with van der Waals surface area (Å²) in [4.78, 5) is 25.4. The highest BCUT2D eigenvalue weighted by Gasteiger charge is 2.16.